The summed E-state index contributed by atoms with van der Waals surface area (Å²) in [4.78, 5) is 18.2. The van der Waals surface area contributed by atoms with Crippen molar-refractivity contribution in [2.75, 3.05) is 6.54 Å². The Morgan fingerprint density at radius 3 is 3.29 bits per heavy atom. The fourth-order valence-corrected chi connectivity index (χ4v) is 1.58. The molecule has 1 atom stereocenters. The monoisotopic (exact) mass is 194 g/mol. The van der Waals surface area contributed by atoms with E-state index in [4.69, 9.17) is 0 Å². The second-order valence-corrected chi connectivity index (χ2v) is 3.44. The SMILES string of the molecule is O=C1NCCCC1NCc1cnc[nH]1. The van der Waals surface area contributed by atoms with Crippen LogP contribution in [0.1, 0.15) is 18.5 Å². The molecule has 2 rings (SSSR count). The highest BCUT2D eigenvalue weighted by atomic mass is 16.2. The number of nitrogens with zero attached hydrogens (tertiary/aromatic N) is 1. The highest BCUT2D eigenvalue weighted by Gasteiger charge is 2.20. The van der Waals surface area contributed by atoms with Crippen LogP contribution in [0.4, 0.5) is 0 Å². The molecule has 14 heavy (non-hydrogen) atoms. The van der Waals surface area contributed by atoms with Gasteiger partial charge in [0.15, 0.2) is 0 Å². The third kappa shape index (κ3) is 2.11. The Kier molecular flexibility index (Phi) is 2.78. The van der Waals surface area contributed by atoms with Gasteiger partial charge < -0.3 is 15.6 Å². The maximum atomic E-state index is 11.4. The molecule has 0 spiro atoms. The van der Waals surface area contributed by atoms with Gasteiger partial charge in [0, 0.05) is 25.0 Å². The fourth-order valence-electron chi connectivity index (χ4n) is 1.58. The summed E-state index contributed by atoms with van der Waals surface area (Å²) >= 11 is 0. The molecule has 0 aliphatic carbocycles. The zero-order chi connectivity index (χ0) is 9.80. The number of aromatic amines is 1. The van der Waals surface area contributed by atoms with Crippen molar-refractivity contribution in [1.82, 2.24) is 20.6 Å². The molecular weight excluding hydrogens is 180 g/mol. The molecule has 1 unspecified atom stereocenters. The minimum absolute atomic E-state index is 0.0490. The lowest BCUT2D eigenvalue weighted by Crippen LogP contribution is -2.47. The van der Waals surface area contributed by atoms with Crippen LogP contribution in [0.2, 0.25) is 0 Å². The maximum absolute atomic E-state index is 11.4. The standard InChI is InChI=1S/C9H14N4O/c14-9-8(2-1-3-11-9)12-5-7-4-10-6-13-7/h4,6,8,12H,1-3,5H2,(H,10,13)(H,11,14). The smallest absolute Gasteiger partial charge is 0.237 e. The van der Waals surface area contributed by atoms with Crippen molar-refractivity contribution >= 4 is 5.91 Å². The molecule has 76 valence electrons. The molecule has 2 heterocycles. The summed E-state index contributed by atoms with van der Waals surface area (Å²) in [6, 6.07) is -0.0490. The molecule has 0 bridgehead atoms. The third-order valence-electron chi connectivity index (χ3n) is 2.38. The number of hydrogen-bond acceptors (Lipinski definition) is 3. The largest absolute Gasteiger partial charge is 0.355 e. The molecular formula is C9H14N4O. The van der Waals surface area contributed by atoms with Gasteiger partial charge in [-0.2, -0.15) is 0 Å². The van der Waals surface area contributed by atoms with Gasteiger partial charge in [-0.1, -0.05) is 0 Å². The normalized spacial score (nSPS) is 22.0. The van der Waals surface area contributed by atoms with Gasteiger partial charge in [-0.05, 0) is 12.8 Å². The van der Waals surface area contributed by atoms with Crippen molar-refractivity contribution in [2.24, 2.45) is 0 Å². The number of hydrogen-bond donors (Lipinski definition) is 3. The highest BCUT2D eigenvalue weighted by molar-refractivity contribution is 5.82. The number of carbonyl (C=O) groups is 1. The van der Waals surface area contributed by atoms with E-state index in [1.165, 1.54) is 0 Å². The van der Waals surface area contributed by atoms with Crippen LogP contribution in [0, 0.1) is 0 Å². The van der Waals surface area contributed by atoms with Gasteiger partial charge >= 0.3 is 0 Å². The molecule has 1 aliphatic heterocycles. The molecule has 0 radical (unpaired) electrons. The van der Waals surface area contributed by atoms with E-state index in [9.17, 15) is 4.79 Å². The summed E-state index contributed by atoms with van der Waals surface area (Å²) in [6.07, 6.45) is 5.36. The Hall–Kier alpha value is -1.36. The first kappa shape index (κ1) is 9.21. The van der Waals surface area contributed by atoms with E-state index in [-0.39, 0.29) is 11.9 Å². The molecule has 1 fully saturated rings. The van der Waals surface area contributed by atoms with Crippen LogP contribution < -0.4 is 10.6 Å². The van der Waals surface area contributed by atoms with Crippen LogP contribution in [0.3, 0.4) is 0 Å². The zero-order valence-corrected chi connectivity index (χ0v) is 7.92. The minimum atomic E-state index is -0.0490. The summed E-state index contributed by atoms with van der Waals surface area (Å²) in [5.74, 6) is 0.107. The second kappa shape index (κ2) is 4.23. The fraction of sp³-hybridized carbons (Fsp3) is 0.556. The Morgan fingerprint density at radius 1 is 1.64 bits per heavy atom. The molecule has 0 saturated carbocycles. The van der Waals surface area contributed by atoms with E-state index < -0.39 is 0 Å². The van der Waals surface area contributed by atoms with Crippen molar-refractivity contribution in [2.45, 2.75) is 25.4 Å². The van der Waals surface area contributed by atoms with E-state index in [0.717, 1.165) is 25.1 Å². The summed E-state index contributed by atoms with van der Waals surface area (Å²) in [7, 11) is 0. The Morgan fingerprint density at radius 2 is 2.57 bits per heavy atom. The van der Waals surface area contributed by atoms with Gasteiger partial charge in [-0.25, -0.2) is 4.98 Å². The van der Waals surface area contributed by atoms with Crippen LogP contribution in [0.5, 0.6) is 0 Å². The number of amides is 1. The number of piperidine rings is 1. The maximum Gasteiger partial charge on any atom is 0.237 e. The van der Waals surface area contributed by atoms with Gasteiger partial charge in [0.2, 0.25) is 5.91 Å². The molecule has 1 aromatic rings. The predicted molar refractivity (Wildman–Crippen MR) is 51.5 cm³/mol. The molecule has 5 nitrogen and oxygen atoms in total. The lowest BCUT2D eigenvalue weighted by molar-refractivity contribution is -0.124. The van der Waals surface area contributed by atoms with Gasteiger partial charge in [0.05, 0.1) is 12.4 Å². The topological polar surface area (TPSA) is 69.8 Å². The zero-order valence-electron chi connectivity index (χ0n) is 7.92. The van der Waals surface area contributed by atoms with E-state index in [1.807, 2.05) is 0 Å². The van der Waals surface area contributed by atoms with Crippen LogP contribution >= 0.6 is 0 Å². The quantitative estimate of drug-likeness (QED) is 0.623. The number of imidazole rings is 1. The van der Waals surface area contributed by atoms with Crippen LogP contribution in [0.25, 0.3) is 0 Å². The predicted octanol–water partition coefficient (Wildman–Crippen LogP) is -0.222. The molecule has 5 heteroatoms. The van der Waals surface area contributed by atoms with Crippen LogP contribution in [-0.2, 0) is 11.3 Å². The molecule has 1 aliphatic rings. The Labute approximate surface area is 82.3 Å². The van der Waals surface area contributed by atoms with Crippen LogP contribution in [-0.4, -0.2) is 28.5 Å². The first-order valence-electron chi connectivity index (χ1n) is 4.84. The Bertz CT molecular complexity index is 296. The van der Waals surface area contributed by atoms with E-state index >= 15 is 0 Å². The summed E-state index contributed by atoms with van der Waals surface area (Å²) in [5.41, 5.74) is 1.00. The third-order valence-corrected chi connectivity index (χ3v) is 2.38. The highest BCUT2D eigenvalue weighted by Crippen LogP contribution is 2.03. The molecule has 0 aromatic carbocycles. The summed E-state index contributed by atoms with van der Waals surface area (Å²) in [5, 5.41) is 6.03. The van der Waals surface area contributed by atoms with Crippen LogP contribution in [0.15, 0.2) is 12.5 Å². The van der Waals surface area contributed by atoms with E-state index in [1.54, 1.807) is 12.5 Å². The van der Waals surface area contributed by atoms with Gasteiger partial charge in [0.1, 0.15) is 0 Å². The average Bonchev–Trinajstić information content (AvgIpc) is 2.69. The lowest BCUT2D eigenvalue weighted by Gasteiger charge is -2.22. The number of carbonyl (C=O) groups excluding carboxylic acids is 1. The van der Waals surface area contributed by atoms with E-state index in [0.29, 0.717) is 6.54 Å². The lowest BCUT2D eigenvalue weighted by atomic mass is 10.1. The first-order valence-corrected chi connectivity index (χ1v) is 4.84. The van der Waals surface area contributed by atoms with Crippen molar-refractivity contribution in [3.05, 3.63) is 18.2 Å². The van der Waals surface area contributed by atoms with Crippen molar-refractivity contribution in [1.29, 1.82) is 0 Å². The number of nitrogens with one attached hydrogen (secondary N) is 3. The van der Waals surface area contributed by atoms with Crippen molar-refractivity contribution < 1.29 is 4.79 Å². The number of H-pyrrole nitrogens is 1. The number of aromatic nitrogens is 2. The first-order chi connectivity index (χ1) is 6.86. The Balaban J connectivity index is 1.82. The van der Waals surface area contributed by atoms with Gasteiger partial charge in [-0.3, -0.25) is 4.79 Å². The van der Waals surface area contributed by atoms with Gasteiger partial charge in [-0.15, -0.1) is 0 Å². The summed E-state index contributed by atoms with van der Waals surface area (Å²) < 4.78 is 0. The average molecular weight is 194 g/mol. The summed E-state index contributed by atoms with van der Waals surface area (Å²) in [6.45, 7) is 1.47. The minimum Gasteiger partial charge on any atom is -0.355 e. The van der Waals surface area contributed by atoms with E-state index in [2.05, 4.69) is 20.6 Å². The van der Waals surface area contributed by atoms with Crippen molar-refractivity contribution in [3.8, 4) is 0 Å². The van der Waals surface area contributed by atoms with Gasteiger partial charge in [0.25, 0.3) is 0 Å². The molecule has 1 amide bonds. The number of rotatable bonds is 3. The molecule has 1 aromatic heterocycles. The second-order valence-electron chi connectivity index (χ2n) is 3.44. The van der Waals surface area contributed by atoms with Crippen molar-refractivity contribution in [3.63, 3.8) is 0 Å². The molecule has 1 saturated heterocycles. The molecule has 3 N–H and O–H groups in total.